The molecule has 2 aliphatic heterocycles. The van der Waals surface area contributed by atoms with Crippen LogP contribution in [0, 0.1) is 17.8 Å². The number of ketones is 1. The van der Waals surface area contributed by atoms with Crippen molar-refractivity contribution in [3.63, 3.8) is 0 Å². The van der Waals surface area contributed by atoms with E-state index >= 15 is 0 Å². The Kier molecular flexibility index (Phi) is 6.16. The number of nitrogens with one attached hydrogen (secondary N) is 1. The summed E-state index contributed by atoms with van der Waals surface area (Å²) in [6.45, 7) is 5.18. The Bertz CT molecular complexity index is 471. The summed E-state index contributed by atoms with van der Waals surface area (Å²) in [4.78, 5) is 26.3. The fourth-order valence-corrected chi connectivity index (χ4v) is 5.00. The number of nitrogens with zero attached hydrogens (tertiary/aromatic N) is 1. The van der Waals surface area contributed by atoms with Gasteiger partial charge in [-0.15, -0.1) is 0 Å². The van der Waals surface area contributed by atoms with E-state index in [0.717, 1.165) is 84.0 Å². The lowest BCUT2D eigenvalue weighted by atomic mass is 9.78. The maximum Gasteiger partial charge on any atom is 0.225 e. The van der Waals surface area contributed by atoms with Gasteiger partial charge in [0.1, 0.15) is 5.78 Å². The lowest BCUT2D eigenvalue weighted by Gasteiger charge is -2.40. The normalized spacial score (nSPS) is 30.9. The molecule has 0 bridgehead atoms. The zero-order valence-corrected chi connectivity index (χ0v) is 15.6. The lowest BCUT2D eigenvalue weighted by Crippen LogP contribution is -2.46. The van der Waals surface area contributed by atoms with Crippen molar-refractivity contribution in [2.24, 2.45) is 17.8 Å². The molecule has 0 aromatic rings. The van der Waals surface area contributed by atoms with Crippen LogP contribution in [-0.4, -0.2) is 53.5 Å². The van der Waals surface area contributed by atoms with Crippen molar-refractivity contribution in [1.29, 1.82) is 0 Å². The number of aliphatic hydroxyl groups is 1. The third kappa shape index (κ3) is 4.82. The van der Waals surface area contributed by atoms with Crippen molar-refractivity contribution in [1.82, 2.24) is 10.2 Å². The van der Waals surface area contributed by atoms with E-state index in [1.54, 1.807) is 6.92 Å². The third-order valence-electron chi connectivity index (χ3n) is 6.78. The fourth-order valence-electron chi connectivity index (χ4n) is 5.00. The summed E-state index contributed by atoms with van der Waals surface area (Å²) in [5.74, 6) is 1.44. The molecule has 2 heterocycles. The Labute approximate surface area is 151 Å². The van der Waals surface area contributed by atoms with Gasteiger partial charge in [-0.05, 0) is 83.7 Å². The molecule has 3 aliphatic rings. The maximum absolute atomic E-state index is 12.8. The van der Waals surface area contributed by atoms with Crippen LogP contribution in [0.5, 0.6) is 0 Å². The van der Waals surface area contributed by atoms with Crippen LogP contribution in [-0.2, 0) is 9.59 Å². The van der Waals surface area contributed by atoms with Crippen molar-refractivity contribution in [3.8, 4) is 0 Å². The summed E-state index contributed by atoms with van der Waals surface area (Å²) in [5, 5.41) is 14.0. The molecule has 0 aromatic heterocycles. The first-order valence-corrected chi connectivity index (χ1v) is 10.2. The summed E-state index contributed by atoms with van der Waals surface area (Å²) in [5.41, 5.74) is -0.493. The molecule has 5 nitrogen and oxygen atoms in total. The smallest absolute Gasteiger partial charge is 0.225 e. The molecule has 142 valence electrons. The molecule has 1 saturated carbocycles. The average Bonchev–Trinajstić information content (AvgIpc) is 2.62. The van der Waals surface area contributed by atoms with Gasteiger partial charge in [-0.3, -0.25) is 9.59 Å². The molecule has 3 fully saturated rings. The lowest BCUT2D eigenvalue weighted by molar-refractivity contribution is -0.139. The first-order chi connectivity index (χ1) is 12.0. The second-order valence-electron chi connectivity index (χ2n) is 8.61. The third-order valence-corrected chi connectivity index (χ3v) is 6.78. The van der Waals surface area contributed by atoms with Gasteiger partial charge in [-0.1, -0.05) is 0 Å². The molecular formula is C20H34N2O3. The van der Waals surface area contributed by atoms with Gasteiger partial charge in [-0.2, -0.15) is 0 Å². The summed E-state index contributed by atoms with van der Waals surface area (Å²) < 4.78 is 0. The van der Waals surface area contributed by atoms with Crippen molar-refractivity contribution < 1.29 is 14.7 Å². The minimum absolute atomic E-state index is 0.126. The number of rotatable bonds is 4. The SMILES string of the molecule is CC(=O)C1CCC(C(=O)N2CCC(CC3(O)CCNCC3)CC2)CC1. The highest BCUT2D eigenvalue weighted by atomic mass is 16.3. The molecule has 2 N–H and O–H groups in total. The van der Waals surface area contributed by atoms with Gasteiger partial charge in [0.15, 0.2) is 0 Å². The van der Waals surface area contributed by atoms with Crippen LogP contribution >= 0.6 is 0 Å². The molecule has 0 unspecified atom stereocenters. The van der Waals surface area contributed by atoms with Crippen molar-refractivity contribution in [2.45, 2.75) is 70.3 Å². The number of amides is 1. The monoisotopic (exact) mass is 350 g/mol. The highest BCUT2D eigenvalue weighted by Gasteiger charge is 2.36. The first kappa shape index (κ1) is 18.8. The van der Waals surface area contributed by atoms with Crippen LogP contribution in [0.1, 0.15) is 64.7 Å². The minimum atomic E-state index is -0.493. The van der Waals surface area contributed by atoms with E-state index in [9.17, 15) is 14.7 Å². The summed E-state index contributed by atoms with van der Waals surface area (Å²) in [6.07, 6.45) is 8.13. The topological polar surface area (TPSA) is 69.6 Å². The number of hydrogen-bond acceptors (Lipinski definition) is 4. The molecule has 3 rings (SSSR count). The molecular weight excluding hydrogens is 316 g/mol. The van der Waals surface area contributed by atoms with E-state index < -0.39 is 5.60 Å². The minimum Gasteiger partial charge on any atom is -0.390 e. The predicted molar refractivity (Wildman–Crippen MR) is 97.1 cm³/mol. The summed E-state index contributed by atoms with van der Waals surface area (Å²) >= 11 is 0. The van der Waals surface area contributed by atoms with Crippen LogP contribution in [0.15, 0.2) is 0 Å². The Balaban J connectivity index is 1.43. The predicted octanol–water partition coefficient (Wildman–Crippen LogP) is 2.12. The second-order valence-corrected chi connectivity index (χ2v) is 8.61. The molecule has 0 radical (unpaired) electrons. The maximum atomic E-state index is 12.8. The quantitative estimate of drug-likeness (QED) is 0.815. The van der Waals surface area contributed by atoms with Gasteiger partial charge in [0, 0.05) is 24.9 Å². The van der Waals surface area contributed by atoms with Gasteiger partial charge < -0.3 is 15.3 Å². The zero-order chi connectivity index (χ0) is 17.9. The number of hydrogen-bond donors (Lipinski definition) is 2. The Hall–Kier alpha value is -0.940. The highest BCUT2D eigenvalue weighted by molar-refractivity contribution is 5.81. The van der Waals surface area contributed by atoms with Crippen LogP contribution in [0.2, 0.25) is 0 Å². The van der Waals surface area contributed by atoms with E-state index in [2.05, 4.69) is 5.32 Å². The van der Waals surface area contributed by atoms with Crippen molar-refractivity contribution >= 4 is 11.7 Å². The molecule has 0 spiro atoms. The van der Waals surface area contributed by atoms with Gasteiger partial charge >= 0.3 is 0 Å². The second kappa shape index (κ2) is 8.17. The number of carbonyl (C=O) groups excluding carboxylic acids is 2. The molecule has 1 aliphatic carbocycles. The van der Waals surface area contributed by atoms with Gasteiger partial charge in [0.25, 0.3) is 0 Å². The number of piperidine rings is 2. The number of Topliss-reactive ketones (excluding diaryl/α,β-unsaturated/α-hetero) is 1. The highest BCUT2D eigenvalue weighted by Crippen LogP contribution is 2.34. The van der Waals surface area contributed by atoms with Crippen LogP contribution in [0.3, 0.4) is 0 Å². The van der Waals surface area contributed by atoms with E-state index in [0.29, 0.717) is 11.8 Å². The van der Waals surface area contributed by atoms with E-state index in [4.69, 9.17) is 0 Å². The van der Waals surface area contributed by atoms with Gasteiger partial charge in [0.2, 0.25) is 5.91 Å². The van der Waals surface area contributed by atoms with Gasteiger partial charge in [-0.25, -0.2) is 0 Å². The molecule has 2 saturated heterocycles. The number of carbonyl (C=O) groups is 2. The largest absolute Gasteiger partial charge is 0.390 e. The standard InChI is InChI=1S/C20H34N2O3/c1-15(23)17-2-4-18(5-3-17)19(24)22-12-6-16(7-13-22)14-20(25)8-10-21-11-9-20/h16-18,21,25H,2-14H2,1H3. The van der Waals surface area contributed by atoms with Gasteiger partial charge in [0.05, 0.1) is 5.60 Å². The zero-order valence-electron chi connectivity index (χ0n) is 15.6. The Morgan fingerprint density at radius 3 is 2.12 bits per heavy atom. The first-order valence-electron chi connectivity index (χ1n) is 10.2. The fraction of sp³-hybridized carbons (Fsp3) is 0.900. The van der Waals surface area contributed by atoms with E-state index in [1.165, 1.54) is 0 Å². The van der Waals surface area contributed by atoms with E-state index in [1.807, 2.05) is 4.90 Å². The number of likely N-dealkylation sites (tertiary alicyclic amines) is 1. The van der Waals surface area contributed by atoms with Crippen LogP contribution < -0.4 is 5.32 Å². The van der Waals surface area contributed by atoms with Crippen LogP contribution in [0.4, 0.5) is 0 Å². The van der Waals surface area contributed by atoms with Crippen LogP contribution in [0.25, 0.3) is 0 Å². The summed E-state index contributed by atoms with van der Waals surface area (Å²) in [7, 11) is 0. The molecule has 0 atom stereocenters. The Morgan fingerprint density at radius 1 is 1.00 bits per heavy atom. The molecule has 0 aromatic carbocycles. The molecule has 25 heavy (non-hydrogen) atoms. The molecule has 1 amide bonds. The van der Waals surface area contributed by atoms with Crippen molar-refractivity contribution in [3.05, 3.63) is 0 Å². The summed E-state index contributed by atoms with van der Waals surface area (Å²) in [6, 6.07) is 0. The average molecular weight is 351 g/mol. The molecule has 5 heteroatoms. The Morgan fingerprint density at radius 2 is 1.56 bits per heavy atom. The van der Waals surface area contributed by atoms with Crippen molar-refractivity contribution in [2.75, 3.05) is 26.2 Å². The van der Waals surface area contributed by atoms with E-state index in [-0.39, 0.29) is 17.6 Å².